The van der Waals surface area contributed by atoms with E-state index in [1.807, 2.05) is 41.9 Å². The molecule has 4 rings (SSSR count). The van der Waals surface area contributed by atoms with Crippen molar-refractivity contribution in [3.05, 3.63) is 81.6 Å². The van der Waals surface area contributed by atoms with Crippen LogP contribution < -0.4 is 10.7 Å². The molecule has 4 heteroatoms. The van der Waals surface area contributed by atoms with Gasteiger partial charge in [-0.15, -0.1) is 0 Å². The quantitative estimate of drug-likeness (QED) is 0.782. The molecule has 1 amide bonds. The van der Waals surface area contributed by atoms with Gasteiger partial charge in [0.15, 0.2) is 0 Å². The van der Waals surface area contributed by atoms with Gasteiger partial charge in [-0.2, -0.15) is 0 Å². The van der Waals surface area contributed by atoms with Crippen molar-refractivity contribution in [2.24, 2.45) is 7.05 Å². The van der Waals surface area contributed by atoms with Gasteiger partial charge in [-0.3, -0.25) is 9.59 Å². The molecule has 1 atom stereocenters. The monoisotopic (exact) mass is 332 g/mol. The highest BCUT2D eigenvalue weighted by Gasteiger charge is 2.23. The van der Waals surface area contributed by atoms with Gasteiger partial charge >= 0.3 is 0 Å². The molecule has 2 aromatic carbocycles. The van der Waals surface area contributed by atoms with Crippen molar-refractivity contribution >= 4 is 16.8 Å². The summed E-state index contributed by atoms with van der Waals surface area (Å²) in [7, 11) is 1.86. The van der Waals surface area contributed by atoms with E-state index < -0.39 is 0 Å². The first-order valence-electron chi connectivity index (χ1n) is 8.62. The number of para-hydroxylation sites is 1. The third kappa shape index (κ3) is 2.74. The number of rotatable bonds is 2. The number of aromatic nitrogens is 1. The van der Waals surface area contributed by atoms with Crippen molar-refractivity contribution in [1.82, 2.24) is 9.88 Å². The molecule has 0 aliphatic heterocycles. The van der Waals surface area contributed by atoms with Crippen molar-refractivity contribution in [1.29, 1.82) is 0 Å². The molecule has 1 N–H and O–H groups in total. The number of nitrogens with zero attached hydrogens (tertiary/aromatic N) is 1. The smallest absolute Gasteiger partial charge is 0.257 e. The largest absolute Gasteiger partial charge is 0.350 e. The number of benzene rings is 2. The second kappa shape index (κ2) is 6.20. The topological polar surface area (TPSA) is 51.1 Å². The molecule has 3 aromatic rings. The molecule has 1 heterocycles. The fraction of sp³-hybridized carbons (Fsp3) is 0.238. The third-order valence-electron chi connectivity index (χ3n) is 5.02. The van der Waals surface area contributed by atoms with Gasteiger partial charge in [0.25, 0.3) is 5.91 Å². The first kappa shape index (κ1) is 15.6. The molecule has 0 fully saturated rings. The number of hydrogen-bond acceptors (Lipinski definition) is 2. The molecule has 4 nitrogen and oxygen atoms in total. The summed E-state index contributed by atoms with van der Waals surface area (Å²) < 4.78 is 1.83. The summed E-state index contributed by atoms with van der Waals surface area (Å²) in [5, 5.41) is 3.64. The van der Waals surface area contributed by atoms with E-state index in [2.05, 4.69) is 17.4 Å². The van der Waals surface area contributed by atoms with Crippen LogP contribution in [-0.4, -0.2) is 10.5 Å². The normalized spacial score (nSPS) is 16.4. The molecule has 126 valence electrons. The Morgan fingerprint density at radius 2 is 1.88 bits per heavy atom. The Labute approximate surface area is 146 Å². The first-order chi connectivity index (χ1) is 12.1. The third-order valence-corrected chi connectivity index (χ3v) is 5.02. The van der Waals surface area contributed by atoms with Gasteiger partial charge in [-0.25, -0.2) is 0 Å². The molecule has 1 aromatic heterocycles. The van der Waals surface area contributed by atoms with Gasteiger partial charge in [0.1, 0.15) is 5.56 Å². The Hall–Kier alpha value is -2.88. The van der Waals surface area contributed by atoms with E-state index in [-0.39, 0.29) is 22.9 Å². The van der Waals surface area contributed by atoms with Crippen LogP contribution in [0.15, 0.2) is 59.5 Å². The molecular formula is C21H20N2O2. The van der Waals surface area contributed by atoms with Gasteiger partial charge in [-0.05, 0) is 42.5 Å². The maximum atomic E-state index is 12.8. The van der Waals surface area contributed by atoms with E-state index >= 15 is 0 Å². The highest BCUT2D eigenvalue weighted by Crippen LogP contribution is 2.29. The maximum Gasteiger partial charge on any atom is 0.257 e. The molecule has 0 radical (unpaired) electrons. The number of carbonyl (C=O) groups is 1. The predicted octanol–water partition coefficient (Wildman–Crippen LogP) is 3.35. The summed E-state index contributed by atoms with van der Waals surface area (Å²) in [6, 6.07) is 15.5. The van der Waals surface area contributed by atoms with Crippen molar-refractivity contribution in [3.63, 3.8) is 0 Å². The van der Waals surface area contributed by atoms with Crippen LogP contribution in [0.3, 0.4) is 0 Å². The molecule has 1 aliphatic rings. The summed E-state index contributed by atoms with van der Waals surface area (Å²) in [4.78, 5) is 25.6. The van der Waals surface area contributed by atoms with Crippen molar-refractivity contribution in [2.75, 3.05) is 0 Å². The minimum absolute atomic E-state index is 0.0337. The molecule has 25 heavy (non-hydrogen) atoms. The summed E-state index contributed by atoms with van der Waals surface area (Å²) >= 11 is 0. The average molecular weight is 332 g/mol. The zero-order valence-corrected chi connectivity index (χ0v) is 14.2. The SMILES string of the molecule is Cn1cc(C(=O)NC2CCCc3ccccc32)c(=O)c2ccccc21. The van der Waals surface area contributed by atoms with Crippen LogP contribution in [-0.2, 0) is 13.5 Å². The van der Waals surface area contributed by atoms with Crippen LogP contribution in [0.4, 0.5) is 0 Å². The Balaban J connectivity index is 1.70. The number of pyridine rings is 1. The van der Waals surface area contributed by atoms with Gasteiger partial charge < -0.3 is 9.88 Å². The first-order valence-corrected chi connectivity index (χ1v) is 8.62. The predicted molar refractivity (Wildman–Crippen MR) is 98.8 cm³/mol. The number of aryl methyl sites for hydroxylation is 2. The maximum absolute atomic E-state index is 12.8. The molecular weight excluding hydrogens is 312 g/mol. The van der Waals surface area contributed by atoms with Gasteiger partial charge in [0.2, 0.25) is 5.43 Å². The fourth-order valence-electron chi connectivity index (χ4n) is 3.74. The zero-order chi connectivity index (χ0) is 17.4. The summed E-state index contributed by atoms with van der Waals surface area (Å²) in [5.74, 6) is -0.298. The van der Waals surface area contributed by atoms with E-state index in [4.69, 9.17) is 0 Å². The van der Waals surface area contributed by atoms with E-state index in [1.165, 1.54) is 11.1 Å². The average Bonchev–Trinajstić information content (AvgIpc) is 2.65. The molecule has 0 saturated heterocycles. The van der Waals surface area contributed by atoms with Gasteiger partial charge in [-0.1, -0.05) is 36.4 Å². The van der Waals surface area contributed by atoms with Crippen LogP contribution in [0.25, 0.3) is 10.9 Å². The van der Waals surface area contributed by atoms with Gasteiger partial charge in [0.05, 0.1) is 11.6 Å². The lowest BCUT2D eigenvalue weighted by molar-refractivity contribution is 0.0931. The van der Waals surface area contributed by atoms with Crippen molar-refractivity contribution in [2.45, 2.75) is 25.3 Å². The van der Waals surface area contributed by atoms with Crippen LogP contribution in [0.1, 0.15) is 40.4 Å². The summed E-state index contributed by atoms with van der Waals surface area (Å²) in [5.41, 5.74) is 3.26. The van der Waals surface area contributed by atoms with E-state index in [1.54, 1.807) is 12.3 Å². The second-order valence-corrected chi connectivity index (χ2v) is 6.62. The highest BCUT2D eigenvalue weighted by atomic mass is 16.2. The summed E-state index contributed by atoms with van der Waals surface area (Å²) in [6.07, 6.45) is 4.61. The minimum Gasteiger partial charge on any atom is -0.350 e. The van der Waals surface area contributed by atoms with E-state index in [0.717, 1.165) is 24.8 Å². The van der Waals surface area contributed by atoms with Crippen molar-refractivity contribution in [3.8, 4) is 0 Å². The second-order valence-electron chi connectivity index (χ2n) is 6.62. The number of carbonyl (C=O) groups excluding carboxylic acids is 1. The Bertz CT molecular complexity index is 1020. The number of fused-ring (bicyclic) bond motifs is 2. The van der Waals surface area contributed by atoms with Crippen LogP contribution in [0.5, 0.6) is 0 Å². The Morgan fingerprint density at radius 3 is 2.76 bits per heavy atom. The zero-order valence-electron chi connectivity index (χ0n) is 14.2. The fourth-order valence-corrected chi connectivity index (χ4v) is 3.74. The highest BCUT2D eigenvalue weighted by molar-refractivity contribution is 5.97. The lowest BCUT2D eigenvalue weighted by Gasteiger charge is -2.26. The van der Waals surface area contributed by atoms with Crippen LogP contribution in [0.2, 0.25) is 0 Å². The van der Waals surface area contributed by atoms with E-state index in [0.29, 0.717) is 5.39 Å². The Morgan fingerprint density at radius 1 is 1.12 bits per heavy atom. The standard InChI is InChI=1S/C21H20N2O2/c1-23-13-17(20(24)16-10-4-5-12-19(16)23)21(25)22-18-11-6-8-14-7-2-3-9-15(14)18/h2-5,7,9-10,12-13,18H,6,8,11H2,1H3,(H,22,25). The Kier molecular flexibility index (Phi) is 3.88. The number of amides is 1. The lowest BCUT2D eigenvalue weighted by Crippen LogP contribution is -2.34. The van der Waals surface area contributed by atoms with Crippen molar-refractivity contribution < 1.29 is 4.79 Å². The molecule has 1 aliphatic carbocycles. The molecule has 0 bridgehead atoms. The molecule has 0 spiro atoms. The lowest BCUT2D eigenvalue weighted by atomic mass is 9.87. The number of nitrogens with one attached hydrogen (secondary N) is 1. The van der Waals surface area contributed by atoms with Crippen LogP contribution >= 0.6 is 0 Å². The molecule has 0 saturated carbocycles. The molecule has 1 unspecified atom stereocenters. The van der Waals surface area contributed by atoms with E-state index in [9.17, 15) is 9.59 Å². The minimum atomic E-state index is -0.298. The van der Waals surface area contributed by atoms with Gasteiger partial charge in [0, 0.05) is 18.6 Å². The number of hydrogen-bond donors (Lipinski definition) is 1. The van der Waals surface area contributed by atoms with Crippen LogP contribution in [0, 0.1) is 0 Å². The summed E-state index contributed by atoms with van der Waals surface area (Å²) in [6.45, 7) is 0.